The summed E-state index contributed by atoms with van der Waals surface area (Å²) in [6.45, 7) is 0.237. The Balaban J connectivity index is 1.50. The summed E-state index contributed by atoms with van der Waals surface area (Å²) >= 11 is 1.56. The number of para-hydroxylation sites is 1. The summed E-state index contributed by atoms with van der Waals surface area (Å²) in [6.07, 6.45) is 0.389. The molecular weight excluding hydrogens is 350 g/mol. The third kappa shape index (κ3) is 2.66. The van der Waals surface area contributed by atoms with E-state index in [-0.39, 0.29) is 18.6 Å². The minimum absolute atomic E-state index is 0.0308. The van der Waals surface area contributed by atoms with Gasteiger partial charge in [-0.2, -0.15) is 0 Å². The van der Waals surface area contributed by atoms with Crippen molar-refractivity contribution < 1.29 is 14.3 Å². The second-order valence-electron chi connectivity index (χ2n) is 6.14. The number of carbonyl (C=O) groups is 1. The van der Waals surface area contributed by atoms with Crippen LogP contribution in [0.2, 0.25) is 0 Å². The molecule has 0 saturated carbocycles. The number of carbonyl (C=O) groups excluding carboxylic acids is 1. The van der Waals surface area contributed by atoms with E-state index < -0.39 is 0 Å². The molecule has 0 bridgehead atoms. The summed E-state index contributed by atoms with van der Waals surface area (Å²) in [6, 6.07) is 15.7. The number of hydrogen-bond acceptors (Lipinski definition) is 6. The number of aromatic nitrogens is 1. The van der Waals surface area contributed by atoms with Gasteiger partial charge in [0.1, 0.15) is 5.82 Å². The van der Waals surface area contributed by atoms with Crippen LogP contribution in [0, 0.1) is 0 Å². The highest BCUT2D eigenvalue weighted by Gasteiger charge is 2.31. The summed E-state index contributed by atoms with van der Waals surface area (Å²) in [5.74, 6) is 2.02. The lowest BCUT2D eigenvalue weighted by molar-refractivity contribution is -0.116. The zero-order valence-corrected chi connectivity index (χ0v) is 14.5. The number of amides is 1. The van der Waals surface area contributed by atoms with Gasteiger partial charge in [-0.05, 0) is 29.8 Å². The standard InChI is InChI=1S/C19H15N3O3S/c23-16-9-13(11-6-7-14-15(8-11)25-10-24-14)17-18(21-16)22-19(26-17)20-12-4-2-1-3-5-12/h1-8,13H,9-10H2,(H,20,22)(H,21,23). The highest BCUT2D eigenvalue weighted by Crippen LogP contribution is 2.45. The fourth-order valence-corrected chi connectivity index (χ4v) is 4.29. The van der Waals surface area contributed by atoms with Crippen LogP contribution in [-0.4, -0.2) is 17.7 Å². The summed E-state index contributed by atoms with van der Waals surface area (Å²) in [7, 11) is 0. The molecule has 7 heteroatoms. The molecule has 0 fully saturated rings. The Morgan fingerprint density at radius 3 is 2.85 bits per heavy atom. The van der Waals surface area contributed by atoms with Crippen molar-refractivity contribution in [3.05, 3.63) is 59.0 Å². The SMILES string of the molecule is O=C1CC(c2ccc3c(c2)OCO3)c2sc(Nc3ccccc3)nc2N1. The van der Waals surface area contributed by atoms with Crippen LogP contribution >= 0.6 is 11.3 Å². The highest BCUT2D eigenvalue weighted by atomic mass is 32.1. The maximum Gasteiger partial charge on any atom is 0.231 e. The molecule has 2 aliphatic heterocycles. The van der Waals surface area contributed by atoms with E-state index in [1.165, 1.54) is 0 Å². The molecule has 0 saturated heterocycles. The number of hydrogen-bond donors (Lipinski definition) is 2. The topological polar surface area (TPSA) is 72.5 Å². The maximum atomic E-state index is 12.2. The minimum atomic E-state index is -0.0444. The van der Waals surface area contributed by atoms with Crippen LogP contribution < -0.4 is 20.1 Å². The van der Waals surface area contributed by atoms with E-state index >= 15 is 0 Å². The molecule has 1 amide bonds. The Morgan fingerprint density at radius 1 is 1.12 bits per heavy atom. The van der Waals surface area contributed by atoms with Gasteiger partial charge < -0.3 is 20.1 Å². The lowest BCUT2D eigenvalue weighted by Crippen LogP contribution is -2.22. The first-order valence-electron chi connectivity index (χ1n) is 8.28. The first-order chi connectivity index (χ1) is 12.8. The van der Waals surface area contributed by atoms with Gasteiger partial charge in [-0.3, -0.25) is 4.79 Å². The van der Waals surface area contributed by atoms with Crippen LogP contribution in [0.25, 0.3) is 0 Å². The van der Waals surface area contributed by atoms with Gasteiger partial charge in [0.15, 0.2) is 16.6 Å². The van der Waals surface area contributed by atoms with E-state index in [1.807, 2.05) is 48.5 Å². The Labute approximate surface area is 153 Å². The van der Waals surface area contributed by atoms with Gasteiger partial charge in [-0.1, -0.05) is 35.6 Å². The van der Waals surface area contributed by atoms with Gasteiger partial charge >= 0.3 is 0 Å². The van der Waals surface area contributed by atoms with Crippen molar-refractivity contribution in [2.75, 3.05) is 17.4 Å². The van der Waals surface area contributed by atoms with Gasteiger partial charge in [0, 0.05) is 18.0 Å². The average molecular weight is 365 g/mol. The molecule has 5 rings (SSSR count). The van der Waals surface area contributed by atoms with Crippen molar-refractivity contribution in [3.63, 3.8) is 0 Å². The van der Waals surface area contributed by atoms with E-state index in [0.717, 1.165) is 32.8 Å². The number of thiazole rings is 1. The molecule has 3 aromatic rings. The largest absolute Gasteiger partial charge is 0.454 e. The molecule has 1 unspecified atom stereocenters. The van der Waals surface area contributed by atoms with Crippen molar-refractivity contribution in [1.82, 2.24) is 4.98 Å². The van der Waals surface area contributed by atoms with E-state index in [2.05, 4.69) is 15.6 Å². The zero-order valence-electron chi connectivity index (χ0n) is 13.7. The van der Waals surface area contributed by atoms with Crippen LogP contribution in [0.1, 0.15) is 22.8 Å². The number of ether oxygens (including phenoxy) is 2. The van der Waals surface area contributed by atoms with Gasteiger partial charge in [-0.15, -0.1) is 0 Å². The van der Waals surface area contributed by atoms with E-state index in [0.29, 0.717) is 12.2 Å². The Morgan fingerprint density at radius 2 is 1.96 bits per heavy atom. The van der Waals surface area contributed by atoms with Crippen LogP contribution in [-0.2, 0) is 4.79 Å². The van der Waals surface area contributed by atoms with Gasteiger partial charge in [0.25, 0.3) is 0 Å². The summed E-state index contributed by atoms with van der Waals surface area (Å²) in [4.78, 5) is 17.8. The van der Waals surface area contributed by atoms with E-state index in [4.69, 9.17) is 9.47 Å². The monoisotopic (exact) mass is 365 g/mol. The molecule has 6 nitrogen and oxygen atoms in total. The molecule has 3 heterocycles. The van der Waals surface area contributed by atoms with Crippen molar-refractivity contribution in [1.29, 1.82) is 0 Å². The Hall–Kier alpha value is -3.06. The van der Waals surface area contributed by atoms with Crippen molar-refractivity contribution in [2.45, 2.75) is 12.3 Å². The number of nitrogens with one attached hydrogen (secondary N) is 2. The van der Waals surface area contributed by atoms with Crippen LogP contribution in [0.4, 0.5) is 16.6 Å². The first-order valence-corrected chi connectivity index (χ1v) is 9.10. The lowest BCUT2D eigenvalue weighted by Gasteiger charge is -2.21. The molecule has 0 aliphatic carbocycles. The molecule has 0 spiro atoms. The first kappa shape index (κ1) is 15.2. The second kappa shape index (κ2) is 6.03. The van der Waals surface area contributed by atoms with Crippen molar-refractivity contribution >= 4 is 33.9 Å². The fourth-order valence-electron chi connectivity index (χ4n) is 3.22. The predicted octanol–water partition coefficient (Wildman–Crippen LogP) is 4.09. The number of fused-ring (bicyclic) bond motifs is 2. The van der Waals surface area contributed by atoms with E-state index in [9.17, 15) is 4.79 Å². The Kier molecular flexibility index (Phi) is 3.53. The minimum Gasteiger partial charge on any atom is -0.454 e. The normalized spacial score (nSPS) is 17.5. The number of nitrogens with zero attached hydrogens (tertiary/aromatic N) is 1. The highest BCUT2D eigenvalue weighted by molar-refractivity contribution is 7.16. The molecular formula is C19H15N3O3S. The molecule has 1 aromatic heterocycles. The summed E-state index contributed by atoms with van der Waals surface area (Å²) < 4.78 is 10.9. The summed E-state index contributed by atoms with van der Waals surface area (Å²) in [5, 5.41) is 6.94. The Bertz CT molecular complexity index is 987. The third-order valence-corrected chi connectivity index (χ3v) is 5.53. The average Bonchev–Trinajstić information content (AvgIpc) is 3.27. The lowest BCUT2D eigenvalue weighted by atomic mass is 9.91. The third-order valence-electron chi connectivity index (χ3n) is 4.44. The quantitative estimate of drug-likeness (QED) is 0.731. The maximum absolute atomic E-state index is 12.2. The van der Waals surface area contributed by atoms with Gasteiger partial charge in [0.2, 0.25) is 12.7 Å². The number of benzene rings is 2. The molecule has 26 heavy (non-hydrogen) atoms. The predicted molar refractivity (Wildman–Crippen MR) is 99.5 cm³/mol. The molecule has 2 aliphatic rings. The van der Waals surface area contributed by atoms with Crippen LogP contribution in [0.5, 0.6) is 11.5 Å². The fraction of sp³-hybridized carbons (Fsp3) is 0.158. The molecule has 0 radical (unpaired) electrons. The van der Waals surface area contributed by atoms with Crippen LogP contribution in [0.3, 0.4) is 0 Å². The zero-order chi connectivity index (χ0) is 17.5. The van der Waals surface area contributed by atoms with Crippen LogP contribution in [0.15, 0.2) is 48.5 Å². The molecule has 2 aromatic carbocycles. The molecule has 2 N–H and O–H groups in total. The molecule has 1 atom stereocenters. The van der Waals surface area contributed by atoms with Crippen molar-refractivity contribution in [3.8, 4) is 11.5 Å². The smallest absolute Gasteiger partial charge is 0.231 e. The van der Waals surface area contributed by atoms with Crippen molar-refractivity contribution in [2.24, 2.45) is 0 Å². The number of anilines is 3. The number of rotatable bonds is 3. The second-order valence-corrected chi connectivity index (χ2v) is 7.17. The van der Waals surface area contributed by atoms with Gasteiger partial charge in [-0.25, -0.2) is 4.98 Å². The van der Waals surface area contributed by atoms with E-state index in [1.54, 1.807) is 11.3 Å². The molecule has 130 valence electrons. The summed E-state index contributed by atoms with van der Waals surface area (Å²) in [5.41, 5.74) is 1.99. The van der Waals surface area contributed by atoms with Gasteiger partial charge in [0.05, 0.1) is 4.88 Å².